The maximum absolute atomic E-state index is 12.5. The summed E-state index contributed by atoms with van der Waals surface area (Å²) in [6.07, 6.45) is 1.68. The number of likely N-dealkylation sites (N-methyl/N-ethyl adjacent to an activating group) is 1. The molecular weight excluding hydrogens is 605 g/mol. The fourth-order valence-corrected chi connectivity index (χ4v) is 5.37. The van der Waals surface area contributed by atoms with Crippen LogP contribution in [0.3, 0.4) is 0 Å². The molecule has 2 aromatic carbocycles. The highest BCUT2D eigenvalue weighted by Crippen LogP contribution is 2.33. The number of aromatic nitrogens is 2. The minimum absolute atomic E-state index is 0.135. The van der Waals surface area contributed by atoms with Crippen LogP contribution < -0.4 is 25.0 Å². The van der Waals surface area contributed by atoms with Gasteiger partial charge in [-0.2, -0.15) is 4.98 Å². The Morgan fingerprint density at radius 3 is 2.49 bits per heavy atom. The molecule has 1 saturated heterocycles. The van der Waals surface area contributed by atoms with E-state index in [0.717, 1.165) is 53.4 Å². The molecule has 198 valence electrons. The zero-order valence-electron chi connectivity index (χ0n) is 21.2. The van der Waals surface area contributed by atoms with Crippen LogP contribution in [-0.4, -0.2) is 69.7 Å². The number of nitrogens with one attached hydrogen (secondary N) is 3. The summed E-state index contributed by atoms with van der Waals surface area (Å²) in [6, 6.07) is 12.8. The lowest BCUT2D eigenvalue weighted by Gasteiger charge is -2.35. The fourth-order valence-electron chi connectivity index (χ4n) is 4.09. The summed E-state index contributed by atoms with van der Waals surface area (Å²) in [6.45, 7) is 9.80. The summed E-state index contributed by atoms with van der Waals surface area (Å²) < 4.78 is 34.0. The van der Waals surface area contributed by atoms with Crippen molar-refractivity contribution in [1.29, 1.82) is 0 Å². The van der Waals surface area contributed by atoms with Crippen molar-refractivity contribution in [2.24, 2.45) is 0 Å². The Labute approximate surface area is 232 Å². The molecule has 1 aliphatic heterocycles. The first-order valence-corrected chi connectivity index (χ1v) is 14.7. The van der Waals surface area contributed by atoms with E-state index >= 15 is 0 Å². The molecule has 3 aromatic rings. The Balaban J connectivity index is 1.57. The lowest BCUT2D eigenvalue weighted by Crippen LogP contribution is -2.46. The van der Waals surface area contributed by atoms with E-state index in [4.69, 9.17) is 4.74 Å². The standard InChI is InChI=1S/C25H32IN7O3S/c1-4-32-12-14-33(15-13-32)18-10-11-20(22(16-18)36-5-2)30-25-28-17-19(26)24(31-25)29-21-8-6-7-9-23(21)37(34,35)27-3/h6-11,16-17,27H,4-5,12-15H2,1-3H3,(H2,28,29,30,31). The van der Waals surface area contributed by atoms with Crippen LogP contribution in [0.15, 0.2) is 53.6 Å². The summed E-state index contributed by atoms with van der Waals surface area (Å²) in [7, 11) is -2.26. The molecule has 3 N–H and O–H groups in total. The highest BCUT2D eigenvalue weighted by Gasteiger charge is 2.19. The average Bonchev–Trinajstić information content (AvgIpc) is 2.92. The topological polar surface area (TPSA) is 112 Å². The molecule has 4 rings (SSSR count). The Hall–Kier alpha value is -2.68. The molecule has 0 amide bonds. The second-order valence-corrected chi connectivity index (χ2v) is 11.4. The second kappa shape index (κ2) is 12.2. The fraction of sp³-hybridized carbons (Fsp3) is 0.360. The zero-order valence-corrected chi connectivity index (χ0v) is 24.1. The highest BCUT2D eigenvalue weighted by molar-refractivity contribution is 14.1. The molecule has 0 aliphatic carbocycles. The van der Waals surface area contributed by atoms with Crippen molar-refractivity contribution in [3.05, 3.63) is 52.2 Å². The first-order valence-electron chi connectivity index (χ1n) is 12.2. The first-order chi connectivity index (χ1) is 17.8. The number of rotatable bonds is 10. The number of hydrogen-bond acceptors (Lipinski definition) is 9. The number of ether oxygens (including phenoxy) is 1. The van der Waals surface area contributed by atoms with Gasteiger partial charge in [0.1, 0.15) is 16.5 Å². The Morgan fingerprint density at radius 1 is 1.03 bits per heavy atom. The number of nitrogens with zero attached hydrogens (tertiary/aromatic N) is 4. The van der Waals surface area contributed by atoms with Gasteiger partial charge in [0.05, 0.1) is 21.6 Å². The van der Waals surface area contributed by atoms with Gasteiger partial charge < -0.3 is 25.2 Å². The van der Waals surface area contributed by atoms with Gasteiger partial charge in [0.15, 0.2) is 0 Å². The van der Waals surface area contributed by atoms with Crippen LogP contribution in [0.4, 0.5) is 28.8 Å². The average molecular weight is 638 g/mol. The molecular formula is C25H32IN7O3S. The monoisotopic (exact) mass is 637 g/mol. The smallest absolute Gasteiger partial charge is 0.242 e. The summed E-state index contributed by atoms with van der Waals surface area (Å²) in [4.78, 5) is 14.0. The van der Waals surface area contributed by atoms with Crippen LogP contribution in [0.25, 0.3) is 0 Å². The first kappa shape index (κ1) is 27.4. The number of hydrogen-bond donors (Lipinski definition) is 3. The van der Waals surface area contributed by atoms with Crippen molar-refractivity contribution in [3.8, 4) is 5.75 Å². The Bertz CT molecular complexity index is 1330. The predicted octanol–water partition coefficient (Wildman–Crippen LogP) is 4.02. The normalized spacial score (nSPS) is 14.4. The number of benzene rings is 2. The van der Waals surface area contributed by atoms with E-state index in [2.05, 4.69) is 76.8 Å². The van der Waals surface area contributed by atoms with E-state index in [0.29, 0.717) is 24.1 Å². The number of halogens is 1. The third-order valence-corrected chi connectivity index (χ3v) is 8.40. The molecule has 10 nitrogen and oxygen atoms in total. The highest BCUT2D eigenvalue weighted by atomic mass is 127. The summed E-state index contributed by atoms with van der Waals surface area (Å²) in [5.74, 6) is 1.57. The van der Waals surface area contributed by atoms with Gasteiger partial charge >= 0.3 is 0 Å². The van der Waals surface area contributed by atoms with Crippen molar-refractivity contribution < 1.29 is 13.2 Å². The van der Waals surface area contributed by atoms with E-state index in [1.165, 1.54) is 7.05 Å². The lowest BCUT2D eigenvalue weighted by atomic mass is 10.2. The third kappa shape index (κ3) is 6.61. The van der Waals surface area contributed by atoms with Gasteiger partial charge in [-0.1, -0.05) is 19.1 Å². The number of sulfonamides is 1. The van der Waals surface area contributed by atoms with Gasteiger partial charge in [-0.25, -0.2) is 18.1 Å². The van der Waals surface area contributed by atoms with Crippen LogP contribution >= 0.6 is 22.6 Å². The molecule has 1 aliphatic rings. The van der Waals surface area contributed by atoms with Crippen molar-refractivity contribution in [3.63, 3.8) is 0 Å². The number of anilines is 5. The maximum Gasteiger partial charge on any atom is 0.242 e. The molecule has 0 saturated carbocycles. The minimum Gasteiger partial charge on any atom is -0.492 e. The van der Waals surface area contributed by atoms with Crippen molar-refractivity contribution in [2.75, 3.05) is 61.9 Å². The van der Waals surface area contributed by atoms with Gasteiger partial charge in [0.25, 0.3) is 0 Å². The van der Waals surface area contributed by atoms with Crippen molar-refractivity contribution >= 4 is 61.4 Å². The van der Waals surface area contributed by atoms with Crippen molar-refractivity contribution in [1.82, 2.24) is 19.6 Å². The Morgan fingerprint density at radius 2 is 1.78 bits per heavy atom. The molecule has 0 radical (unpaired) electrons. The van der Waals surface area contributed by atoms with E-state index in [1.807, 2.05) is 13.0 Å². The van der Waals surface area contributed by atoms with Gasteiger partial charge in [-0.15, -0.1) is 0 Å². The largest absolute Gasteiger partial charge is 0.492 e. The molecule has 0 atom stereocenters. The van der Waals surface area contributed by atoms with Crippen LogP contribution in [0, 0.1) is 3.57 Å². The Kier molecular flexibility index (Phi) is 9.05. The lowest BCUT2D eigenvalue weighted by molar-refractivity contribution is 0.271. The molecule has 0 bridgehead atoms. The molecule has 1 aromatic heterocycles. The van der Waals surface area contributed by atoms with E-state index in [-0.39, 0.29) is 4.90 Å². The summed E-state index contributed by atoms with van der Waals surface area (Å²) >= 11 is 2.12. The van der Waals surface area contributed by atoms with Crippen LogP contribution in [0.1, 0.15) is 13.8 Å². The quantitative estimate of drug-likeness (QED) is 0.284. The maximum atomic E-state index is 12.5. The predicted molar refractivity (Wildman–Crippen MR) is 156 cm³/mol. The molecule has 0 unspecified atom stereocenters. The number of para-hydroxylation sites is 1. The SMILES string of the molecule is CCOc1cc(N2CCN(CC)CC2)ccc1Nc1ncc(I)c(Nc2ccccc2S(=O)(=O)NC)n1. The molecule has 1 fully saturated rings. The van der Waals surface area contributed by atoms with E-state index < -0.39 is 10.0 Å². The third-order valence-electron chi connectivity index (χ3n) is 6.14. The van der Waals surface area contributed by atoms with Crippen molar-refractivity contribution in [2.45, 2.75) is 18.7 Å². The summed E-state index contributed by atoms with van der Waals surface area (Å²) in [5.41, 5.74) is 2.29. The molecule has 2 heterocycles. The number of piperazine rings is 1. The molecule has 0 spiro atoms. The molecule has 37 heavy (non-hydrogen) atoms. The van der Waals surface area contributed by atoms with Crippen LogP contribution in [-0.2, 0) is 10.0 Å². The van der Waals surface area contributed by atoms with Crippen LogP contribution in [0.5, 0.6) is 5.75 Å². The van der Waals surface area contributed by atoms with Crippen LogP contribution in [0.2, 0.25) is 0 Å². The van der Waals surface area contributed by atoms with Gasteiger partial charge in [0, 0.05) is 44.1 Å². The van der Waals surface area contributed by atoms with E-state index in [1.54, 1.807) is 30.5 Å². The molecule has 12 heteroatoms. The summed E-state index contributed by atoms with van der Waals surface area (Å²) in [5, 5.41) is 6.41. The minimum atomic E-state index is -3.65. The van der Waals surface area contributed by atoms with Gasteiger partial charge in [0.2, 0.25) is 16.0 Å². The van der Waals surface area contributed by atoms with E-state index in [9.17, 15) is 8.42 Å². The zero-order chi connectivity index (χ0) is 26.4. The second-order valence-electron chi connectivity index (χ2n) is 8.38. The van der Waals surface area contributed by atoms with Gasteiger partial charge in [-0.3, -0.25) is 0 Å². The van der Waals surface area contributed by atoms with Gasteiger partial charge in [-0.05, 0) is 67.4 Å².